The van der Waals surface area contributed by atoms with Crippen molar-refractivity contribution in [2.75, 3.05) is 6.54 Å². The maximum atomic E-state index is 9.83. The minimum Gasteiger partial charge on any atom is -0.343 e. The monoisotopic (exact) mass is 97.0 g/mol. The Morgan fingerprint density at radius 2 is 2.57 bits per heavy atom. The summed E-state index contributed by atoms with van der Waals surface area (Å²) in [5.41, 5.74) is 0. The number of hydrogen-bond acceptors (Lipinski definition) is 2. The fraction of sp³-hybridized carbons (Fsp3) is 0.250. The van der Waals surface area contributed by atoms with Crippen molar-refractivity contribution in [2.24, 2.45) is 0 Å². The molecule has 0 rings (SSSR count). The Bertz CT molecular complexity index is 103. The maximum Gasteiger partial charge on any atom is 0.221 e. The number of carbonyl (C=O) groups excluding carboxylic acids is 1. The zero-order valence-electron chi connectivity index (χ0n) is 3.77. The molecule has 3 heteroatoms. The van der Waals surface area contributed by atoms with Crippen LogP contribution in [0, 0.1) is 18.3 Å². The molecule has 0 aromatic rings. The minimum atomic E-state index is -0.415. The Labute approximate surface area is 41.9 Å². The van der Waals surface area contributed by atoms with E-state index < -0.39 is 5.91 Å². The smallest absolute Gasteiger partial charge is 0.221 e. The van der Waals surface area contributed by atoms with Crippen molar-refractivity contribution in [1.82, 2.24) is 5.32 Å². The lowest BCUT2D eigenvalue weighted by Gasteiger charge is -1.86. The van der Waals surface area contributed by atoms with Crippen molar-refractivity contribution < 1.29 is 4.79 Å². The minimum absolute atomic E-state index is 0.0440. The fourth-order valence-corrected chi connectivity index (χ4v) is 0.138. The first-order chi connectivity index (χ1) is 3.27. The highest BCUT2D eigenvalue weighted by Gasteiger charge is 1.83. The largest absolute Gasteiger partial charge is 0.343 e. The third kappa shape index (κ3) is 4.96. The molecule has 0 unspecified atom stereocenters. The highest BCUT2D eigenvalue weighted by Crippen LogP contribution is 1.54. The molecule has 7 heavy (non-hydrogen) atoms. The number of nitriles is 1. The Balaban J connectivity index is 3.02. The third-order valence-corrected chi connectivity index (χ3v) is 0.365. The van der Waals surface area contributed by atoms with E-state index in [2.05, 4.69) is 12.2 Å². The van der Waals surface area contributed by atoms with Gasteiger partial charge in [-0.25, -0.2) is 0 Å². The topological polar surface area (TPSA) is 52.9 Å². The van der Waals surface area contributed by atoms with Crippen molar-refractivity contribution in [3.05, 3.63) is 6.92 Å². The molecule has 0 heterocycles. The second kappa shape index (κ2) is 3.16. The van der Waals surface area contributed by atoms with Gasteiger partial charge in [-0.2, -0.15) is 5.26 Å². The molecule has 0 aliphatic rings. The van der Waals surface area contributed by atoms with Gasteiger partial charge in [0.25, 0.3) is 0 Å². The zero-order valence-corrected chi connectivity index (χ0v) is 3.77. The summed E-state index contributed by atoms with van der Waals surface area (Å²) < 4.78 is 0. The lowest BCUT2D eigenvalue weighted by molar-refractivity contribution is -0.116. The molecule has 0 bridgehead atoms. The Hall–Kier alpha value is -1.04. The molecule has 0 saturated carbocycles. The molecule has 0 fully saturated rings. The highest BCUT2D eigenvalue weighted by atomic mass is 16.1. The quantitative estimate of drug-likeness (QED) is 0.447. The number of carbonyl (C=O) groups is 1. The van der Waals surface area contributed by atoms with Gasteiger partial charge in [0.2, 0.25) is 5.91 Å². The Morgan fingerprint density at radius 3 is 2.71 bits per heavy atom. The van der Waals surface area contributed by atoms with Gasteiger partial charge in [0.05, 0.1) is 6.07 Å². The number of hydrogen-bond donors (Lipinski definition) is 1. The second-order valence-corrected chi connectivity index (χ2v) is 0.935. The van der Waals surface area contributed by atoms with Crippen LogP contribution in [0.3, 0.4) is 0 Å². The van der Waals surface area contributed by atoms with Crippen LogP contribution in [0.4, 0.5) is 0 Å². The van der Waals surface area contributed by atoms with E-state index >= 15 is 0 Å². The summed E-state index contributed by atoms with van der Waals surface area (Å²) in [4.78, 5) is 9.83. The molecule has 1 N–H and O–H groups in total. The lowest BCUT2D eigenvalue weighted by atomic mass is 10.6. The van der Waals surface area contributed by atoms with Gasteiger partial charge in [-0.1, -0.05) is 0 Å². The van der Waals surface area contributed by atoms with Crippen molar-refractivity contribution in [1.29, 1.82) is 5.26 Å². The van der Waals surface area contributed by atoms with E-state index in [1.807, 2.05) is 0 Å². The van der Waals surface area contributed by atoms with E-state index in [4.69, 9.17) is 5.26 Å². The molecule has 0 spiro atoms. The number of rotatable bonds is 1. The molecule has 0 saturated heterocycles. The normalized spacial score (nSPS) is 6.86. The summed E-state index contributed by atoms with van der Waals surface area (Å²) in [5, 5.41) is 10.0. The van der Waals surface area contributed by atoms with Crippen LogP contribution in [0.25, 0.3) is 0 Å². The first-order valence-electron chi connectivity index (χ1n) is 1.74. The Kier molecular flexibility index (Phi) is 2.69. The molecule has 0 aromatic carbocycles. The molecular formula is C4H5N2O. The molecule has 1 amide bonds. The van der Waals surface area contributed by atoms with Gasteiger partial charge in [0, 0.05) is 6.92 Å². The first kappa shape index (κ1) is 5.96. The standard InChI is InChI=1S/C4H5N2O/c1-4(7)6-3-2-5/h1,3H2,(H,6,7). The van der Waals surface area contributed by atoms with Crippen molar-refractivity contribution >= 4 is 5.91 Å². The summed E-state index contributed by atoms with van der Waals surface area (Å²) in [6, 6.07) is 1.73. The average Bonchev–Trinajstić information content (AvgIpc) is 1.61. The van der Waals surface area contributed by atoms with Crippen LogP contribution in [0.5, 0.6) is 0 Å². The fourth-order valence-electron chi connectivity index (χ4n) is 0.138. The predicted molar refractivity (Wildman–Crippen MR) is 24.0 cm³/mol. The molecule has 1 radical (unpaired) electrons. The summed E-state index contributed by atoms with van der Waals surface area (Å²) in [6.45, 7) is 3.02. The van der Waals surface area contributed by atoms with Crippen molar-refractivity contribution in [3.63, 3.8) is 0 Å². The van der Waals surface area contributed by atoms with E-state index in [-0.39, 0.29) is 6.54 Å². The van der Waals surface area contributed by atoms with Crippen molar-refractivity contribution in [2.45, 2.75) is 0 Å². The molecule has 0 aliphatic carbocycles. The third-order valence-electron chi connectivity index (χ3n) is 0.365. The molecule has 37 valence electrons. The highest BCUT2D eigenvalue weighted by molar-refractivity contribution is 5.80. The van der Waals surface area contributed by atoms with Gasteiger partial charge in [0.15, 0.2) is 0 Å². The van der Waals surface area contributed by atoms with E-state index in [1.54, 1.807) is 6.07 Å². The summed E-state index contributed by atoms with van der Waals surface area (Å²) >= 11 is 0. The zero-order chi connectivity index (χ0) is 5.70. The van der Waals surface area contributed by atoms with E-state index in [9.17, 15) is 4.79 Å². The predicted octanol–water partition coefficient (Wildman–Crippen LogP) is -0.540. The Morgan fingerprint density at radius 1 is 2.00 bits per heavy atom. The van der Waals surface area contributed by atoms with E-state index in [0.29, 0.717) is 0 Å². The van der Waals surface area contributed by atoms with Gasteiger partial charge in [-0.05, 0) is 0 Å². The summed E-state index contributed by atoms with van der Waals surface area (Å²) in [7, 11) is 0. The van der Waals surface area contributed by atoms with Gasteiger partial charge >= 0.3 is 0 Å². The van der Waals surface area contributed by atoms with Crippen LogP contribution < -0.4 is 5.32 Å². The van der Waals surface area contributed by atoms with Crippen LogP contribution in [-0.2, 0) is 4.79 Å². The first-order valence-corrected chi connectivity index (χ1v) is 1.74. The van der Waals surface area contributed by atoms with Gasteiger partial charge < -0.3 is 5.32 Å². The van der Waals surface area contributed by atoms with Crippen LogP contribution in [0.1, 0.15) is 0 Å². The van der Waals surface area contributed by atoms with Crippen LogP contribution >= 0.6 is 0 Å². The maximum absolute atomic E-state index is 9.83. The lowest BCUT2D eigenvalue weighted by Crippen LogP contribution is -2.19. The molecular weight excluding hydrogens is 92.1 g/mol. The molecule has 0 aliphatic heterocycles. The second-order valence-electron chi connectivity index (χ2n) is 0.935. The van der Waals surface area contributed by atoms with Gasteiger partial charge in [-0.3, -0.25) is 4.79 Å². The summed E-state index contributed by atoms with van der Waals surface area (Å²) in [6.07, 6.45) is 0. The van der Waals surface area contributed by atoms with Gasteiger partial charge in [-0.15, -0.1) is 0 Å². The van der Waals surface area contributed by atoms with E-state index in [0.717, 1.165) is 0 Å². The van der Waals surface area contributed by atoms with Crippen molar-refractivity contribution in [3.8, 4) is 6.07 Å². The number of amides is 1. The van der Waals surface area contributed by atoms with Crippen LogP contribution in [-0.4, -0.2) is 12.5 Å². The SMILES string of the molecule is [CH2]C(=O)NCC#N. The summed E-state index contributed by atoms with van der Waals surface area (Å²) in [5.74, 6) is -0.415. The number of nitrogens with zero attached hydrogens (tertiary/aromatic N) is 1. The van der Waals surface area contributed by atoms with Crippen LogP contribution in [0.15, 0.2) is 0 Å². The average molecular weight is 97.1 g/mol. The van der Waals surface area contributed by atoms with Crippen LogP contribution in [0.2, 0.25) is 0 Å². The molecule has 0 aromatic heterocycles. The van der Waals surface area contributed by atoms with E-state index in [1.165, 1.54) is 0 Å². The number of nitrogens with one attached hydrogen (secondary N) is 1. The molecule has 0 atom stereocenters. The molecule has 3 nitrogen and oxygen atoms in total. The van der Waals surface area contributed by atoms with Gasteiger partial charge in [0.1, 0.15) is 6.54 Å².